The van der Waals surface area contributed by atoms with Gasteiger partial charge in [-0.3, -0.25) is 4.98 Å². The molecule has 1 nitrogen and oxygen atoms in total. The maximum absolute atomic E-state index is 13.2. The SMILES string of the molecule is CC.Cc1ccnc(Cc2cc(F)cc(C(F)(F)F)c2)c1. The third-order valence-corrected chi connectivity index (χ3v) is 2.64. The highest BCUT2D eigenvalue weighted by molar-refractivity contribution is 5.30. The van der Waals surface area contributed by atoms with Gasteiger partial charge < -0.3 is 0 Å². The number of halogens is 4. The van der Waals surface area contributed by atoms with Crippen LogP contribution in [0.15, 0.2) is 36.5 Å². The van der Waals surface area contributed by atoms with E-state index in [9.17, 15) is 17.6 Å². The van der Waals surface area contributed by atoms with Crippen LogP contribution in [0.3, 0.4) is 0 Å². The Morgan fingerprint density at radius 3 is 2.29 bits per heavy atom. The molecule has 0 aliphatic rings. The van der Waals surface area contributed by atoms with Gasteiger partial charge in [0.2, 0.25) is 0 Å². The van der Waals surface area contributed by atoms with Crippen LogP contribution in [-0.4, -0.2) is 4.98 Å². The minimum atomic E-state index is -4.54. The van der Waals surface area contributed by atoms with E-state index in [2.05, 4.69) is 4.98 Å². The number of hydrogen-bond acceptors (Lipinski definition) is 1. The molecule has 1 aromatic carbocycles. The zero-order valence-electron chi connectivity index (χ0n) is 12.1. The standard InChI is InChI=1S/C14H11F4N.C2H6/c1-9-2-3-19-13(4-9)7-10-5-11(14(16,17)18)8-12(15)6-10;1-2/h2-6,8H,7H2,1H3;1-2H3. The van der Waals surface area contributed by atoms with Crippen molar-refractivity contribution in [1.82, 2.24) is 4.98 Å². The van der Waals surface area contributed by atoms with E-state index in [0.29, 0.717) is 11.8 Å². The summed E-state index contributed by atoms with van der Waals surface area (Å²) in [4.78, 5) is 4.05. The van der Waals surface area contributed by atoms with E-state index in [1.807, 2.05) is 20.8 Å². The van der Waals surface area contributed by atoms with Crippen molar-refractivity contribution in [1.29, 1.82) is 0 Å². The molecule has 0 saturated carbocycles. The first kappa shape index (κ1) is 17.1. The van der Waals surface area contributed by atoms with Gasteiger partial charge in [-0.15, -0.1) is 0 Å². The van der Waals surface area contributed by atoms with Crippen molar-refractivity contribution in [3.63, 3.8) is 0 Å². The molecule has 0 atom stereocenters. The number of alkyl halides is 3. The van der Waals surface area contributed by atoms with Crippen LogP contribution in [-0.2, 0) is 12.6 Å². The highest BCUT2D eigenvalue weighted by atomic mass is 19.4. The summed E-state index contributed by atoms with van der Waals surface area (Å²) in [5.41, 5.74) is 0.844. The van der Waals surface area contributed by atoms with Crippen LogP contribution in [0.4, 0.5) is 17.6 Å². The molecule has 0 unspecified atom stereocenters. The molecule has 0 N–H and O–H groups in total. The predicted molar refractivity (Wildman–Crippen MR) is 74.5 cm³/mol. The molecule has 2 rings (SSSR count). The Labute approximate surface area is 121 Å². The van der Waals surface area contributed by atoms with Crippen LogP contribution in [0.5, 0.6) is 0 Å². The van der Waals surface area contributed by atoms with Crippen LogP contribution in [0.25, 0.3) is 0 Å². The fourth-order valence-electron chi connectivity index (χ4n) is 1.82. The van der Waals surface area contributed by atoms with Crippen LogP contribution >= 0.6 is 0 Å². The van der Waals surface area contributed by atoms with Crippen molar-refractivity contribution in [2.75, 3.05) is 0 Å². The lowest BCUT2D eigenvalue weighted by Gasteiger charge is -2.09. The zero-order valence-corrected chi connectivity index (χ0v) is 12.1. The minimum absolute atomic E-state index is 0.169. The first-order chi connectivity index (χ1) is 9.84. The molecule has 0 spiro atoms. The van der Waals surface area contributed by atoms with E-state index in [-0.39, 0.29) is 12.0 Å². The Morgan fingerprint density at radius 2 is 1.71 bits per heavy atom. The molecule has 0 amide bonds. The second kappa shape index (κ2) is 7.20. The fourth-order valence-corrected chi connectivity index (χ4v) is 1.82. The third kappa shape index (κ3) is 5.17. The fraction of sp³-hybridized carbons (Fsp3) is 0.312. The molecular formula is C16H17F4N. The normalized spacial score (nSPS) is 10.8. The third-order valence-electron chi connectivity index (χ3n) is 2.64. The van der Waals surface area contributed by atoms with Crippen molar-refractivity contribution in [2.24, 2.45) is 0 Å². The maximum Gasteiger partial charge on any atom is 0.416 e. The number of aromatic nitrogens is 1. The van der Waals surface area contributed by atoms with Gasteiger partial charge in [-0.25, -0.2) is 4.39 Å². The molecule has 21 heavy (non-hydrogen) atoms. The molecule has 0 fully saturated rings. The van der Waals surface area contributed by atoms with Crippen LogP contribution in [0.1, 0.15) is 36.2 Å². The molecule has 0 radical (unpaired) electrons. The van der Waals surface area contributed by atoms with Gasteiger partial charge in [-0.1, -0.05) is 13.8 Å². The summed E-state index contributed by atoms with van der Waals surface area (Å²) >= 11 is 0. The molecule has 0 bridgehead atoms. The van der Waals surface area contributed by atoms with Gasteiger partial charge in [0.15, 0.2) is 0 Å². The van der Waals surface area contributed by atoms with Gasteiger partial charge in [0.05, 0.1) is 5.56 Å². The Balaban J connectivity index is 0.00000106. The van der Waals surface area contributed by atoms with Crippen molar-refractivity contribution in [3.8, 4) is 0 Å². The maximum atomic E-state index is 13.2. The summed E-state index contributed by atoms with van der Waals surface area (Å²) in [5, 5.41) is 0. The molecule has 0 aliphatic heterocycles. The van der Waals surface area contributed by atoms with E-state index in [4.69, 9.17) is 0 Å². The second-order valence-corrected chi connectivity index (χ2v) is 4.35. The molecule has 114 valence electrons. The lowest BCUT2D eigenvalue weighted by molar-refractivity contribution is -0.137. The molecule has 0 aliphatic carbocycles. The largest absolute Gasteiger partial charge is 0.416 e. The summed E-state index contributed by atoms with van der Waals surface area (Å²) in [6, 6.07) is 6.09. The number of rotatable bonds is 2. The van der Waals surface area contributed by atoms with Gasteiger partial charge in [0.1, 0.15) is 5.82 Å². The first-order valence-corrected chi connectivity index (χ1v) is 6.63. The quantitative estimate of drug-likeness (QED) is 0.698. The van der Waals surface area contributed by atoms with Crippen molar-refractivity contribution < 1.29 is 17.6 Å². The Kier molecular flexibility index (Phi) is 5.88. The number of pyridine rings is 1. The lowest BCUT2D eigenvalue weighted by atomic mass is 10.0. The molecule has 0 saturated heterocycles. The topological polar surface area (TPSA) is 12.9 Å². The van der Waals surface area contributed by atoms with Gasteiger partial charge in [-0.2, -0.15) is 13.2 Å². The summed E-state index contributed by atoms with van der Waals surface area (Å²) in [6.07, 6.45) is -2.80. The van der Waals surface area contributed by atoms with Crippen LogP contribution in [0, 0.1) is 12.7 Å². The average molecular weight is 299 g/mol. The zero-order chi connectivity index (χ0) is 16.0. The number of benzene rings is 1. The summed E-state index contributed by atoms with van der Waals surface area (Å²) in [6.45, 7) is 5.86. The van der Waals surface area contributed by atoms with E-state index in [1.54, 1.807) is 18.3 Å². The molecule has 1 heterocycles. The average Bonchev–Trinajstić information content (AvgIpc) is 2.39. The summed E-state index contributed by atoms with van der Waals surface area (Å²) in [7, 11) is 0. The van der Waals surface area contributed by atoms with E-state index >= 15 is 0 Å². The van der Waals surface area contributed by atoms with E-state index in [0.717, 1.165) is 17.7 Å². The monoisotopic (exact) mass is 299 g/mol. The van der Waals surface area contributed by atoms with Gasteiger partial charge in [0, 0.05) is 18.3 Å². The van der Waals surface area contributed by atoms with E-state index < -0.39 is 17.6 Å². The smallest absolute Gasteiger partial charge is 0.261 e. The number of nitrogens with zero attached hydrogens (tertiary/aromatic N) is 1. The van der Waals surface area contributed by atoms with Gasteiger partial charge >= 0.3 is 6.18 Å². The Bertz CT molecular complexity index is 591. The van der Waals surface area contributed by atoms with Crippen LogP contribution < -0.4 is 0 Å². The first-order valence-electron chi connectivity index (χ1n) is 6.63. The van der Waals surface area contributed by atoms with Crippen molar-refractivity contribution >= 4 is 0 Å². The van der Waals surface area contributed by atoms with Crippen molar-refractivity contribution in [3.05, 3.63) is 64.7 Å². The lowest BCUT2D eigenvalue weighted by Crippen LogP contribution is -2.06. The predicted octanol–water partition coefficient (Wildman–Crippen LogP) is 5.16. The van der Waals surface area contributed by atoms with Crippen molar-refractivity contribution in [2.45, 2.75) is 33.4 Å². The number of aryl methyl sites for hydroxylation is 1. The molecule has 5 heteroatoms. The summed E-state index contributed by atoms with van der Waals surface area (Å²) in [5.74, 6) is -0.891. The molecule has 2 aromatic rings. The minimum Gasteiger partial charge on any atom is -0.261 e. The Morgan fingerprint density at radius 1 is 1.05 bits per heavy atom. The second-order valence-electron chi connectivity index (χ2n) is 4.35. The highest BCUT2D eigenvalue weighted by Gasteiger charge is 2.31. The highest BCUT2D eigenvalue weighted by Crippen LogP contribution is 2.30. The molecular weight excluding hydrogens is 282 g/mol. The van der Waals surface area contributed by atoms with E-state index in [1.165, 1.54) is 0 Å². The number of hydrogen-bond donors (Lipinski definition) is 0. The molecule has 1 aromatic heterocycles. The Hall–Kier alpha value is -1.91. The summed E-state index contributed by atoms with van der Waals surface area (Å²) < 4.78 is 50.9. The van der Waals surface area contributed by atoms with Gasteiger partial charge in [-0.05, 0) is 48.4 Å². The van der Waals surface area contributed by atoms with Gasteiger partial charge in [0.25, 0.3) is 0 Å². The van der Waals surface area contributed by atoms with Crippen LogP contribution in [0.2, 0.25) is 0 Å².